The summed E-state index contributed by atoms with van der Waals surface area (Å²) in [5.74, 6) is 0.653. The first-order valence-corrected chi connectivity index (χ1v) is 13.0. The highest BCUT2D eigenvalue weighted by Crippen LogP contribution is 2.32. The average molecular weight is 497 g/mol. The zero-order valence-corrected chi connectivity index (χ0v) is 21.3. The van der Waals surface area contributed by atoms with Gasteiger partial charge >= 0.3 is 0 Å². The highest BCUT2D eigenvalue weighted by molar-refractivity contribution is 7.92. The minimum Gasteiger partial charge on any atom is -0.492 e. The Labute approximate surface area is 207 Å². The van der Waals surface area contributed by atoms with Gasteiger partial charge in [0.2, 0.25) is 5.91 Å². The van der Waals surface area contributed by atoms with Crippen molar-refractivity contribution in [2.75, 3.05) is 17.5 Å². The second-order valence-electron chi connectivity index (χ2n) is 8.32. The highest BCUT2D eigenvalue weighted by atomic mass is 32.2. The maximum absolute atomic E-state index is 13.6. The molecule has 0 aliphatic carbocycles. The van der Waals surface area contributed by atoms with Crippen LogP contribution >= 0.6 is 0 Å². The number of para-hydroxylation sites is 2. The Kier molecular flexibility index (Phi) is 8.76. The number of hydrogen-bond donors (Lipinski definition) is 1. The molecule has 1 amide bonds. The molecule has 1 N–H and O–H groups in total. The van der Waals surface area contributed by atoms with Crippen molar-refractivity contribution in [2.24, 2.45) is 0 Å². The number of ether oxygens (including phenoxy) is 2. The van der Waals surface area contributed by atoms with Gasteiger partial charge in [-0.15, -0.1) is 0 Å². The third kappa shape index (κ3) is 6.99. The van der Waals surface area contributed by atoms with Gasteiger partial charge in [-0.1, -0.05) is 42.0 Å². The van der Waals surface area contributed by atoms with Gasteiger partial charge in [-0.05, 0) is 69.7 Å². The molecule has 7 nitrogen and oxygen atoms in total. The average Bonchev–Trinajstić information content (AvgIpc) is 2.82. The fourth-order valence-corrected chi connectivity index (χ4v) is 4.90. The summed E-state index contributed by atoms with van der Waals surface area (Å²) in [7, 11) is -4.04. The highest BCUT2D eigenvalue weighted by Gasteiger charge is 2.29. The van der Waals surface area contributed by atoms with Gasteiger partial charge in [0.1, 0.15) is 18.0 Å². The van der Waals surface area contributed by atoms with Gasteiger partial charge in [0.05, 0.1) is 23.3 Å². The SMILES string of the molecule is CCOc1ccccc1N(CC(=O)NCc1cccc(OC(C)C)c1)S(=O)(=O)c1ccc(C)cc1. The van der Waals surface area contributed by atoms with E-state index in [1.165, 1.54) is 0 Å². The number of nitrogens with one attached hydrogen (secondary N) is 1. The number of amides is 1. The summed E-state index contributed by atoms with van der Waals surface area (Å²) < 4.78 is 39.7. The Morgan fingerprint density at radius 1 is 1.00 bits per heavy atom. The van der Waals surface area contributed by atoms with E-state index in [1.54, 1.807) is 48.5 Å². The van der Waals surface area contributed by atoms with Crippen LogP contribution in [0.1, 0.15) is 31.9 Å². The number of aryl methyl sites for hydroxylation is 1. The number of anilines is 1. The van der Waals surface area contributed by atoms with Gasteiger partial charge in [0.15, 0.2) is 0 Å². The molecular formula is C27H32N2O5S. The van der Waals surface area contributed by atoms with Crippen LogP contribution < -0.4 is 19.1 Å². The lowest BCUT2D eigenvalue weighted by Crippen LogP contribution is -2.40. The molecule has 0 aliphatic heterocycles. The number of carbonyl (C=O) groups is 1. The number of rotatable bonds is 11. The number of nitrogens with zero attached hydrogens (tertiary/aromatic N) is 1. The summed E-state index contributed by atoms with van der Waals surface area (Å²) in [5.41, 5.74) is 2.09. The molecule has 8 heteroatoms. The van der Waals surface area contributed by atoms with Crippen molar-refractivity contribution >= 4 is 21.6 Å². The molecule has 0 atom stereocenters. The summed E-state index contributed by atoms with van der Waals surface area (Å²) in [6.07, 6.45) is 0.0331. The van der Waals surface area contributed by atoms with Crippen molar-refractivity contribution in [1.82, 2.24) is 5.32 Å². The molecule has 0 fully saturated rings. The summed E-state index contributed by atoms with van der Waals surface area (Å²) in [6.45, 7) is 7.78. The molecule has 0 saturated heterocycles. The van der Waals surface area contributed by atoms with E-state index < -0.39 is 22.5 Å². The Morgan fingerprint density at radius 2 is 1.71 bits per heavy atom. The molecule has 0 unspecified atom stereocenters. The molecule has 3 rings (SSSR count). The van der Waals surface area contributed by atoms with E-state index in [0.29, 0.717) is 23.8 Å². The number of benzene rings is 3. The van der Waals surface area contributed by atoms with Crippen molar-refractivity contribution in [1.29, 1.82) is 0 Å². The number of hydrogen-bond acceptors (Lipinski definition) is 5. The predicted octanol–water partition coefficient (Wildman–Crippen LogP) is 4.69. The van der Waals surface area contributed by atoms with E-state index in [2.05, 4.69) is 5.32 Å². The third-order valence-corrected chi connectivity index (χ3v) is 6.86. The quantitative estimate of drug-likeness (QED) is 0.416. The monoisotopic (exact) mass is 496 g/mol. The fraction of sp³-hybridized carbons (Fsp3) is 0.296. The maximum Gasteiger partial charge on any atom is 0.264 e. The molecule has 0 saturated carbocycles. The van der Waals surface area contributed by atoms with Crippen LogP contribution in [0.15, 0.2) is 77.7 Å². The normalized spacial score (nSPS) is 11.2. The zero-order valence-electron chi connectivity index (χ0n) is 20.5. The summed E-state index contributed by atoms with van der Waals surface area (Å²) in [6, 6.07) is 20.8. The first-order valence-electron chi connectivity index (χ1n) is 11.5. The zero-order chi connectivity index (χ0) is 25.4. The van der Waals surface area contributed by atoms with Crippen LogP contribution in [-0.4, -0.2) is 33.6 Å². The fourth-order valence-electron chi connectivity index (χ4n) is 3.47. The van der Waals surface area contributed by atoms with Gasteiger partial charge in [-0.3, -0.25) is 9.10 Å². The van der Waals surface area contributed by atoms with Crippen molar-refractivity contribution in [3.8, 4) is 11.5 Å². The smallest absolute Gasteiger partial charge is 0.264 e. The molecule has 0 aliphatic rings. The number of sulfonamides is 1. The molecule has 0 heterocycles. The van der Waals surface area contributed by atoms with Gasteiger partial charge in [0.25, 0.3) is 10.0 Å². The van der Waals surface area contributed by atoms with Crippen molar-refractivity contribution < 1.29 is 22.7 Å². The molecule has 0 radical (unpaired) electrons. The molecule has 0 spiro atoms. The minimum atomic E-state index is -4.04. The molecule has 0 bridgehead atoms. The van der Waals surface area contributed by atoms with Crippen LogP contribution in [0, 0.1) is 6.92 Å². The van der Waals surface area contributed by atoms with Gasteiger partial charge in [0, 0.05) is 6.54 Å². The Bertz CT molecular complexity index is 1240. The van der Waals surface area contributed by atoms with E-state index in [-0.39, 0.29) is 17.5 Å². The van der Waals surface area contributed by atoms with Gasteiger partial charge in [-0.2, -0.15) is 0 Å². The van der Waals surface area contributed by atoms with E-state index in [1.807, 2.05) is 52.0 Å². The van der Waals surface area contributed by atoms with Crippen LogP contribution in [0.5, 0.6) is 11.5 Å². The second kappa shape index (κ2) is 11.8. The Balaban J connectivity index is 1.86. The Morgan fingerprint density at radius 3 is 2.40 bits per heavy atom. The molecule has 35 heavy (non-hydrogen) atoms. The first-order chi connectivity index (χ1) is 16.7. The van der Waals surface area contributed by atoms with Crippen LogP contribution in [0.2, 0.25) is 0 Å². The number of carbonyl (C=O) groups excluding carboxylic acids is 1. The molecule has 3 aromatic carbocycles. The molecular weight excluding hydrogens is 464 g/mol. The van der Waals surface area contributed by atoms with E-state index in [4.69, 9.17) is 9.47 Å². The summed E-state index contributed by atoms with van der Waals surface area (Å²) in [5, 5.41) is 2.82. The van der Waals surface area contributed by atoms with Crippen LogP contribution in [0.3, 0.4) is 0 Å². The van der Waals surface area contributed by atoms with E-state index in [0.717, 1.165) is 15.4 Å². The lowest BCUT2D eigenvalue weighted by molar-refractivity contribution is -0.119. The standard InChI is InChI=1S/C27H32N2O5S/c1-5-33-26-12-7-6-11-25(26)29(35(31,32)24-15-13-21(4)14-16-24)19-27(30)28-18-22-9-8-10-23(17-22)34-20(2)3/h6-17,20H,5,18-19H2,1-4H3,(H,28,30). The second-order valence-corrected chi connectivity index (χ2v) is 10.2. The lowest BCUT2D eigenvalue weighted by Gasteiger charge is -2.26. The first kappa shape index (κ1) is 26.1. The predicted molar refractivity (Wildman–Crippen MR) is 137 cm³/mol. The van der Waals surface area contributed by atoms with Crippen LogP contribution in [0.25, 0.3) is 0 Å². The van der Waals surface area contributed by atoms with Crippen LogP contribution in [0.4, 0.5) is 5.69 Å². The lowest BCUT2D eigenvalue weighted by atomic mass is 10.2. The third-order valence-electron chi connectivity index (χ3n) is 5.09. The topological polar surface area (TPSA) is 84.9 Å². The summed E-state index contributed by atoms with van der Waals surface area (Å²) in [4.78, 5) is 13.1. The van der Waals surface area contributed by atoms with Crippen molar-refractivity contribution in [2.45, 2.75) is 45.2 Å². The maximum atomic E-state index is 13.6. The largest absolute Gasteiger partial charge is 0.492 e. The van der Waals surface area contributed by atoms with E-state index >= 15 is 0 Å². The minimum absolute atomic E-state index is 0.0331. The van der Waals surface area contributed by atoms with Crippen molar-refractivity contribution in [3.05, 3.63) is 83.9 Å². The van der Waals surface area contributed by atoms with Crippen LogP contribution in [-0.2, 0) is 21.4 Å². The molecule has 3 aromatic rings. The van der Waals surface area contributed by atoms with Gasteiger partial charge in [-0.25, -0.2) is 8.42 Å². The van der Waals surface area contributed by atoms with Crippen molar-refractivity contribution in [3.63, 3.8) is 0 Å². The molecule has 186 valence electrons. The molecule has 0 aromatic heterocycles. The van der Waals surface area contributed by atoms with E-state index in [9.17, 15) is 13.2 Å². The van der Waals surface area contributed by atoms with Gasteiger partial charge < -0.3 is 14.8 Å². The Hall–Kier alpha value is -3.52. The summed E-state index contributed by atoms with van der Waals surface area (Å²) >= 11 is 0.